The van der Waals surface area contributed by atoms with Gasteiger partial charge in [0.1, 0.15) is 17.8 Å². The number of hydrogen-bond donors (Lipinski definition) is 2. The first-order chi connectivity index (χ1) is 13.5. The number of rotatable bonds is 5. The van der Waals surface area contributed by atoms with Crippen molar-refractivity contribution in [1.29, 1.82) is 5.26 Å². The van der Waals surface area contributed by atoms with Crippen molar-refractivity contribution in [3.8, 4) is 11.9 Å². The third kappa shape index (κ3) is 2.90. The second-order valence-corrected chi connectivity index (χ2v) is 7.49. The van der Waals surface area contributed by atoms with Crippen LogP contribution in [-0.2, 0) is 16.8 Å². The van der Waals surface area contributed by atoms with Crippen LogP contribution in [-0.4, -0.2) is 29.1 Å². The molecule has 28 heavy (non-hydrogen) atoms. The lowest BCUT2D eigenvalue weighted by molar-refractivity contribution is -0.141. The number of carbonyl (C=O) groups is 1. The minimum Gasteiger partial charge on any atom is -0.481 e. The molecule has 144 valence electrons. The van der Waals surface area contributed by atoms with Crippen LogP contribution >= 0.6 is 0 Å². The maximum Gasteiger partial charge on any atom is 0.316 e. The number of ether oxygens (including phenoxy) is 1. The van der Waals surface area contributed by atoms with Gasteiger partial charge in [-0.2, -0.15) is 5.26 Å². The summed E-state index contributed by atoms with van der Waals surface area (Å²) < 4.78 is 19.7. The van der Waals surface area contributed by atoms with Gasteiger partial charge in [0.05, 0.1) is 17.3 Å². The number of carboxylic acids is 1. The Kier molecular flexibility index (Phi) is 4.52. The van der Waals surface area contributed by atoms with Crippen LogP contribution in [0.4, 0.5) is 4.39 Å². The highest BCUT2D eigenvalue weighted by atomic mass is 19.1. The van der Waals surface area contributed by atoms with Crippen molar-refractivity contribution in [3.05, 3.63) is 59.0 Å². The zero-order chi connectivity index (χ0) is 19.8. The summed E-state index contributed by atoms with van der Waals surface area (Å²) in [5.41, 5.74) is -0.186. The number of aliphatic carboxylic acids is 1. The monoisotopic (exact) mass is 381 g/mol. The predicted octanol–water partition coefficient (Wildman–Crippen LogP) is 2.77. The number of aromatic nitrogens is 1. The predicted molar refractivity (Wildman–Crippen MR) is 98.2 cm³/mol. The molecule has 6 nitrogen and oxygen atoms in total. The third-order valence-corrected chi connectivity index (χ3v) is 6.03. The van der Waals surface area contributed by atoms with Crippen LogP contribution in [0.5, 0.6) is 5.88 Å². The molecule has 1 aliphatic carbocycles. The van der Waals surface area contributed by atoms with Gasteiger partial charge in [-0.15, -0.1) is 0 Å². The molecule has 1 unspecified atom stereocenters. The van der Waals surface area contributed by atoms with Gasteiger partial charge in [0.2, 0.25) is 5.88 Å². The Bertz CT molecular complexity index is 966. The summed E-state index contributed by atoms with van der Waals surface area (Å²) in [6, 6.07) is 11.2. The van der Waals surface area contributed by atoms with Crippen molar-refractivity contribution in [2.75, 3.05) is 13.1 Å². The molecule has 1 atom stereocenters. The molecule has 2 heterocycles. The molecule has 2 aromatic rings. The quantitative estimate of drug-likeness (QED) is 0.827. The van der Waals surface area contributed by atoms with Crippen LogP contribution in [0.3, 0.4) is 0 Å². The molecular weight excluding hydrogens is 361 g/mol. The zero-order valence-electron chi connectivity index (χ0n) is 15.2. The van der Waals surface area contributed by atoms with E-state index in [1.807, 2.05) is 6.07 Å². The highest BCUT2D eigenvalue weighted by molar-refractivity contribution is 5.86. The number of carboxylic acid groups (broad SMARTS) is 1. The molecule has 1 aliphatic heterocycles. The molecule has 1 aromatic heterocycles. The van der Waals surface area contributed by atoms with E-state index in [0.29, 0.717) is 17.7 Å². The maximum atomic E-state index is 14.0. The summed E-state index contributed by atoms with van der Waals surface area (Å²) in [6.07, 6.45) is 2.20. The van der Waals surface area contributed by atoms with Crippen LogP contribution in [0.2, 0.25) is 0 Å². The van der Waals surface area contributed by atoms with E-state index < -0.39 is 17.2 Å². The number of nitriles is 1. The van der Waals surface area contributed by atoms with Crippen LogP contribution in [0, 0.1) is 22.6 Å². The molecule has 4 rings (SSSR count). The fourth-order valence-electron chi connectivity index (χ4n) is 4.37. The lowest BCUT2D eigenvalue weighted by Crippen LogP contribution is -2.37. The highest BCUT2D eigenvalue weighted by Crippen LogP contribution is 2.68. The fourth-order valence-corrected chi connectivity index (χ4v) is 4.37. The Labute approximate surface area is 162 Å². The average Bonchev–Trinajstić information content (AvgIpc) is 3.36. The summed E-state index contributed by atoms with van der Waals surface area (Å²) >= 11 is 0. The van der Waals surface area contributed by atoms with Crippen molar-refractivity contribution in [2.24, 2.45) is 5.41 Å². The number of piperidine rings is 1. The second-order valence-electron chi connectivity index (χ2n) is 7.49. The minimum atomic E-state index is -0.978. The van der Waals surface area contributed by atoms with E-state index in [4.69, 9.17) is 10.00 Å². The lowest BCUT2D eigenvalue weighted by Gasteiger charge is -2.27. The van der Waals surface area contributed by atoms with E-state index in [2.05, 4.69) is 10.3 Å². The Hall–Kier alpha value is -2.98. The fraction of sp³-hybridized carbons (Fsp3) is 0.381. The van der Waals surface area contributed by atoms with Gasteiger partial charge in [0.15, 0.2) is 0 Å². The van der Waals surface area contributed by atoms with Crippen molar-refractivity contribution in [1.82, 2.24) is 10.3 Å². The van der Waals surface area contributed by atoms with Gasteiger partial charge in [-0.3, -0.25) is 4.79 Å². The van der Waals surface area contributed by atoms with E-state index in [1.165, 1.54) is 12.1 Å². The number of nitrogens with zero attached hydrogens (tertiary/aromatic N) is 2. The maximum absolute atomic E-state index is 14.0. The van der Waals surface area contributed by atoms with Crippen LogP contribution in [0.1, 0.15) is 36.1 Å². The molecule has 2 fully saturated rings. The summed E-state index contributed by atoms with van der Waals surface area (Å²) in [5, 5.41) is 22.1. The number of halogens is 1. The van der Waals surface area contributed by atoms with Crippen LogP contribution in [0.25, 0.3) is 0 Å². The number of benzene rings is 1. The number of hydrogen-bond acceptors (Lipinski definition) is 5. The minimum absolute atomic E-state index is 0.0525. The van der Waals surface area contributed by atoms with E-state index in [9.17, 15) is 14.3 Å². The van der Waals surface area contributed by atoms with E-state index in [0.717, 1.165) is 32.0 Å². The molecule has 0 amide bonds. The largest absolute Gasteiger partial charge is 0.481 e. The molecular formula is C21H20FN3O3. The van der Waals surface area contributed by atoms with Crippen molar-refractivity contribution >= 4 is 5.97 Å². The standard InChI is InChI=1S/C21H20FN3O3/c22-16-10-14(11-23)4-5-15(16)12-28-18-3-1-2-17(25-18)21(19(26)27)13-20(21)6-8-24-9-7-20/h1-5,10,24H,6-9,12-13H2,(H,26,27). The summed E-state index contributed by atoms with van der Waals surface area (Å²) in [7, 11) is 0. The van der Waals surface area contributed by atoms with Gasteiger partial charge in [-0.1, -0.05) is 12.1 Å². The van der Waals surface area contributed by atoms with Gasteiger partial charge in [0.25, 0.3) is 0 Å². The number of pyridine rings is 1. The van der Waals surface area contributed by atoms with E-state index >= 15 is 0 Å². The van der Waals surface area contributed by atoms with Gasteiger partial charge < -0.3 is 15.2 Å². The highest BCUT2D eigenvalue weighted by Gasteiger charge is 2.73. The van der Waals surface area contributed by atoms with E-state index in [1.54, 1.807) is 18.2 Å². The summed E-state index contributed by atoms with van der Waals surface area (Å²) in [5.74, 6) is -1.11. The Balaban J connectivity index is 1.55. The third-order valence-electron chi connectivity index (χ3n) is 6.03. The number of nitrogens with one attached hydrogen (secondary N) is 1. The molecule has 1 aromatic carbocycles. The average molecular weight is 381 g/mol. The topological polar surface area (TPSA) is 95.2 Å². The molecule has 1 saturated heterocycles. The molecule has 7 heteroatoms. The van der Waals surface area contributed by atoms with Crippen LogP contribution in [0.15, 0.2) is 36.4 Å². The second kappa shape index (κ2) is 6.88. The SMILES string of the molecule is N#Cc1ccc(COc2cccc(C3(C(=O)O)CC34CCNCC4)n2)c(F)c1. The molecule has 2 N–H and O–H groups in total. The molecule has 2 aliphatic rings. The smallest absolute Gasteiger partial charge is 0.316 e. The van der Waals surface area contributed by atoms with Gasteiger partial charge in [-0.05, 0) is 56.0 Å². The normalized spacial score (nSPS) is 22.4. The van der Waals surface area contributed by atoms with Crippen molar-refractivity contribution in [2.45, 2.75) is 31.3 Å². The first-order valence-electron chi connectivity index (χ1n) is 9.24. The molecule has 0 bridgehead atoms. The molecule has 1 spiro atoms. The van der Waals surface area contributed by atoms with Crippen LogP contribution < -0.4 is 10.1 Å². The first kappa shape index (κ1) is 18.4. The summed E-state index contributed by atoms with van der Waals surface area (Å²) in [4.78, 5) is 16.6. The molecule has 1 saturated carbocycles. The molecule has 0 radical (unpaired) electrons. The van der Waals surface area contributed by atoms with E-state index in [-0.39, 0.29) is 23.5 Å². The lowest BCUT2D eigenvalue weighted by atomic mass is 9.82. The zero-order valence-corrected chi connectivity index (χ0v) is 15.2. The first-order valence-corrected chi connectivity index (χ1v) is 9.24. The van der Waals surface area contributed by atoms with Crippen molar-refractivity contribution in [3.63, 3.8) is 0 Å². The van der Waals surface area contributed by atoms with Crippen molar-refractivity contribution < 1.29 is 19.0 Å². The van der Waals surface area contributed by atoms with Gasteiger partial charge >= 0.3 is 5.97 Å². The summed E-state index contributed by atoms with van der Waals surface area (Å²) in [6.45, 7) is 1.56. The Morgan fingerprint density at radius 1 is 1.32 bits per heavy atom. The van der Waals surface area contributed by atoms with Gasteiger partial charge in [0, 0.05) is 11.6 Å². The Morgan fingerprint density at radius 2 is 2.11 bits per heavy atom. The van der Waals surface area contributed by atoms with Gasteiger partial charge in [-0.25, -0.2) is 9.37 Å². The Morgan fingerprint density at radius 3 is 2.79 bits per heavy atom.